The van der Waals surface area contributed by atoms with Crippen LogP contribution in [0.5, 0.6) is 0 Å². The summed E-state index contributed by atoms with van der Waals surface area (Å²) in [4.78, 5) is 4.97. The van der Waals surface area contributed by atoms with Gasteiger partial charge in [0.05, 0.1) is 0 Å². The average Bonchev–Trinajstić information content (AvgIpc) is 2.86. The molecule has 0 spiro atoms. The van der Waals surface area contributed by atoms with Gasteiger partial charge in [0.15, 0.2) is 0 Å². The molecule has 1 aliphatic heterocycles. The number of nitrogens with one attached hydrogen (secondary N) is 1. The lowest BCUT2D eigenvalue weighted by molar-refractivity contribution is 0.245. The molecule has 0 aliphatic carbocycles. The van der Waals surface area contributed by atoms with Crippen LogP contribution in [0.2, 0.25) is 0 Å². The normalized spacial score (nSPS) is 24.7. The van der Waals surface area contributed by atoms with E-state index < -0.39 is 0 Å². The van der Waals surface area contributed by atoms with Crippen molar-refractivity contribution in [2.45, 2.75) is 32.4 Å². The van der Waals surface area contributed by atoms with Gasteiger partial charge in [-0.25, -0.2) is 0 Å². The van der Waals surface area contributed by atoms with Crippen LogP contribution in [0.4, 0.5) is 0 Å². The van der Waals surface area contributed by atoms with E-state index in [4.69, 9.17) is 0 Å². The third kappa shape index (κ3) is 4.06. The monoisotopic (exact) mass is 289 g/mol. The first-order valence-electron chi connectivity index (χ1n) is 8.20. The van der Waals surface area contributed by atoms with Crippen molar-refractivity contribution in [2.24, 2.45) is 5.92 Å². The van der Waals surface area contributed by atoms with Gasteiger partial charge >= 0.3 is 0 Å². The standard InChI is InChI=1S/C18H31N3/c1-6-15-7-9-16(10-8-15)17(19-3)12-21-11-14(2)18(13-21)20(4)5/h7-10,14,17-19H,6,11-13H2,1-5H3. The molecule has 3 nitrogen and oxygen atoms in total. The summed E-state index contributed by atoms with van der Waals surface area (Å²) in [5.74, 6) is 0.750. The van der Waals surface area contributed by atoms with Gasteiger partial charge < -0.3 is 10.2 Å². The van der Waals surface area contributed by atoms with E-state index in [2.05, 4.69) is 74.4 Å². The van der Waals surface area contributed by atoms with Gasteiger partial charge in [-0.3, -0.25) is 4.90 Å². The summed E-state index contributed by atoms with van der Waals surface area (Å²) < 4.78 is 0. The Morgan fingerprint density at radius 2 is 1.90 bits per heavy atom. The maximum absolute atomic E-state index is 3.49. The van der Waals surface area contributed by atoms with Gasteiger partial charge in [-0.05, 0) is 44.6 Å². The van der Waals surface area contributed by atoms with Crippen molar-refractivity contribution < 1.29 is 0 Å². The quantitative estimate of drug-likeness (QED) is 0.867. The number of likely N-dealkylation sites (tertiary alicyclic amines) is 1. The Hall–Kier alpha value is -0.900. The number of benzene rings is 1. The molecule has 0 bridgehead atoms. The van der Waals surface area contributed by atoms with E-state index in [9.17, 15) is 0 Å². The van der Waals surface area contributed by atoms with E-state index in [0.717, 1.165) is 18.9 Å². The highest BCUT2D eigenvalue weighted by Crippen LogP contribution is 2.23. The van der Waals surface area contributed by atoms with Crippen molar-refractivity contribution in [1.29, 1.82) is 0 Å². The minimum absolute atomic E-state index is 0.420. The molecule has 0 amide bonds. The molecule has 3 unspecified atom stereocenters. The average molecular weight is 289 g/mol. The highest BCUT2D eigenvalue weighted by atomic mass is 15.2. The van der Waals surface area contributed by atoms with E-state index in [1.807, 2.05) is 0 Å². The first-order chi connectivity index (χ1) is 10.0. The maximum Gasteiger partial charge on any atom is 0.0446 e. The number of hydrogen-bond acceptors (Lipinski definition) is 3. The lowest BCUT2D eigenvalue weighted by Crippen LogP contribution is -2.36. The first kappa shape index (κ1) is 16.5. The summed E-state index contributed by atoms with van der Waals surface area (Å²) in [5, 5.41) is 3.49. The molecular weight excluding hydrogens is 258 g/mol. The van der Waals surface area contributed by atoms with Crippen molar-refractivity contribution >= 4 is 0 Å². The zero-order valence-corrected chi connectivity index (χ0v) is 14.3. The van der Waals surface area contributed by atoms with Crippen molar-refractivity contribution in [3.63, 3.8) is 0 Å². The largest absolute Gasteiger partial charge is 0.312 e. The Bertz CT molecular complexity index is 427. The molecule has 1 saturated heterocycles. The van der Waals surface area contributed by atoms with Gasteiger partial charge in [-0.1, -0.05) is 38.1 Å². The number of hydrogen-bond donors (Lipinski definition) is 1. The highest BCUT2D eigenvalue weighted by molar-refractivity contribution is 5.25. The molecule has 0 radical (unpaired) electrons. The summed E-state index contributed by atoms with van der Waals surface area (Å²) >= 11 is 0. The summed E-state index contributed by atoms with van der Waals surface area (Å²) in [7, 11) is 6.47. The minimum Gasteiger partial charge on any atom is -0.312 e. The molecule has 0 saturated carbocycles. The molecule has 3 atom stereocenters. The topological polar surface area (TPSA) is 18.5 Å². The van der Waals surface area contributed by atoms with Crippen LogP contribution in [0, 0.1) is 5.92 Å². The second-order valence-corrected chi connectivity index (χ2v) is 6.66. The first-order valence-corrected chi connectivity index (χ1v) is 8.20. The highest BCUT2D eigenvalue weighted by Gasteiger charge is 2.31. The van der Waals surface area contributed by atoms with Crippen LogP contribution in [-0.4, -0.2) is 56.6 Å². The fourth-order valence-corrected chi connectivity index (χ4v) is 3.48. The predicted molar refractivity (Wildman–Crippen MR) is 90.7 cm³/mol. The third-order valence-corrected chi connectivity index (χ3v) is 4.89. The maximum atomic E-state index is 3.49. The zero-order chi connectivity index (χ0) is 15.4. The fourth-order valence-electron chi connectivity index (χ4n) is 3.48. The van der Waals surface area contributed by atoms with Gasteiger partial charge in [0, 0.05) is 31.7 Å². The lowest BCUT2D eigenvalue weighted by Gasteiger charge is -2.25. The molecular formula is C18H31N3. The van der Waals surface area contributed by atoms with Crippen LogP contribution in [0.25, 0.3) is 0 Å². The Kier molecular flexibility index (Phi) is 5.80. The van der Waals surface area contributed by atoms with Gasteiger partial charge in [-0.2, -0.15) is 0 Å². The summed E-state index contributed by atoms with van der Waals surface area (Å²) in [5.41, 5.74) is 2.81. The van der Waals surface area contributed by atoms with Gasteiger partial charge in [0.2, 0.25) is 0 Å². The van der Waals surface area contributed by atoms with Crippen molar-refractivity contribution in [3.05, 3.63) is 35.4 Å². The molecule has 3 heteroatoms. The molecule has 0 aromatic heterocycles. The van der Waals surface area contributed by atoms with E-state index in [1.54, 1.807) is 0 Å². The second-order valence-electron chi connectivity index (χ2n) is 6.66. The Morgan fingerprint density at radius 3 is 2.38 bits per heavy atom. The van der Waals surface area contributed by atoms with Crippen molar-refractivity contribution in [3.8, 4) is 0 Å². The molecule has 1 fully saturated rings. The number of likely N-dealkylation sites (N-methyl/N-ethyl adjacent to an activating group) is 2. The van der Waals surface area contributed by atoms with E-state index >= 15 is 0 Å². The van der Waals surface area contributed by atoms with Gasteiger partial charge in [-0.15, -0.1) is 0 Å². The smallest absolute Gasteiger partial charge is 0.0446 e. The van der Waals surface area contributed by atoms with Crippen LogP contribution in [-0.2, 0) is 6.42 Å². The minimum atomic E-state index is 0.420. The van der Waals surface area contributed by atoms with Crippen LogP contribution in [0.1, 0.15) is 31.0 Å². The van der Waals surface area contributed by atoms with Gasteiger partial charge in [0.1, 0.15) is 0 Å². The molecule has 21 heavy (non-hydrogen) atoms. The van der Waals surface area contributed by atoms with E-state index in [0.29, 0.717) is 12.1 Å². The molecule has 1 aliphatic rings. The third-order valence-electron chi connectivity index (χ3n) is 4.89. The Balaban J connectivity index is 1.99. The van der Waals surface area contributed by atoms with Crippen LogP contribution < -0.4 is 5.32 Å². The number of aryl methyl sites for hydroxylation is 1. The Labute approximate surface area is 130 Å². The van der Waals surface area contributed by atoms with E-state index in [1.165, 1.54) is 24.2 Å². The molecule has 1 N–H and O–H groups in total. The van der Waals surface area contributed by atoms with Crippen molar-refractivity contribution in [2.75, 3.05) is 40.8 Å². The number of nitrogens with zero attached hydrogens (tertiary/aromatic N) is 2. The van der Waals surface area contributed by atoms with E-state index in [-0.39, 0.29) is 0 Å². The van der Waals surface area contributed by atoms with Crippen LogP contribution in [0.3, 0.4) is 0 Å². The molecule has 1 aromatic rings. The molecule has 1 aromatic carbocycles. The molecule has 2 rings (SSSR count). The van der Waals surface area contributed by atoms with Crippen LogP contribution >= 0.6 is 0 Å². The zero-order valence-electron chi connectivity index (χ0n) is 14.3. The lowest BCUT2D eigenvalue weighted by atomic mass is 10.0. The SMILES string of the molecule is CCc1ccc(C(CN2CC(C)C(N(C)C)C2)NC)cc1. The Morgan fingerprint density at radius 1 is 1.24 bits per heavy atom. The fraction of sp³-hybridized carbons (Fsp3) is 0.667. The predicted octanol–water partition coefficient (Wildman–Crippen LogP) is 2.39. The van der Waals surface area contributed by atoms with Crippen LogP contribution in [0.15, 0.2) is 24.3 Å². The molecule has 118 valence electrons. The summed E-state index contributed by atoms with van der Waals surface area (Å²) in [6, 6.07) is 10.2. The number of rotatable bonds is 6. The van der Waals surface area contributed by atoms with Crippen molar-refractivity contribution in [1.82, 2.24) is 15.1 Å². The molecule has 1 heterocycles. The summed E-state index contributed by atoms with van der Waals surface area (Å²) in [6.45, 7) is 8.05. The second kappa shape index (κ2) is 7.39. The van der Waals surface area contributed by atoms with Gasteiger partial charge in [0.25, 0.3) is 0 Å². The summed E-state index contributed by atoms with van der Waals surface area (Å²) in [6.07, 6.45) is 1.11.